The van der Waals surface area contributed by atoms with Crippen LogP contribution in [0.5, 0.6) is 17.2 Å². The lowest BCUT2D eigenvalue weighted by Gasteiger charge is -2.36. The van der Waals surface area contributed by atoms with E-state index in [1.165, 1.54) is 25.7 Å². The van der Waals surface area contributed by atoms with Crippen molar-refractivity contribution in [2.24, 2.45) is 23.2 Å². The van der Waals surface area contributed by atoms with Crippen LogP contribution in [0.15, 0.2) is 18.2 Å². The van der Waals surface area contributed by atoms with Gasteiger partial charge in [-0.3, -0.25) is 4.79 Å². The zero-order valence-electron chi connectivity index (χ0n) is 16.6. The largest absolute Gasteiger partial charge is 0.493 e. The highest BCUT2D eigenvalue weighted by molar-refractivity contribution is 5.98. The van der Waals surface area contributed by atoms with Crippen molar-refractivity contribution in [1.29, 1.82) is 0 Å². The lowest BCUT2D eigenvalue weighted by Crippen LogP contribution is -2.33. The number of methoxy groups -OCH3 is 3. The maximum Gasteiger partial charge on any atom is 0.203 e. The highest BCUT2D eigenvalue weighted by Crippen LogP contribution is 2.60. The van der Waals surface area contributed by atoms with E-state index in [-0.39, 0.29) is 5.41 Å². The SMILES string of the molecule is COc1cc(/C=C/C(=O)C23CC4CCCC(C2)C(C4)C3)cc(OC)c1OC. The Bertz CT molecular complexity index is 724. The van der Waals surface area contributed by atoms with Gasteiger partial charge in [0.15, 0.2) is 17.3 Å². The Hall–Kier alpha value is -1.97. The van der Waals surface area contributed by atoms with E-state index in [0.717, 1.165) is 42.6 Å². The summed E-state index contributed by atoms with van der Waals surface area (Å²) in [5.41, 5.74) is 0.787. The van der Waals surface area contributed by atoms with Crippen LogP contribution in [0.2, 0.25) is 0 Å². The van der Waals surface area contributed by atoms with Gasteiger partial charge in [-0.15, -0.1) is 0 Å². The van der Waals surface area contributed by atoms with E-state index in [0.29, 0.717) is 23.0 Å². The summed E-state index contributed by atoms with van der Waals surface area (Å²) in [5.74, 6) is 4.41. The number of carbonyl (C=O) groups excluding carboxylic acids is 1. The number of carbonyl (C=O) groups is 1. The van der Waals surface area contributed by atoms with Gasteiger partial charge >= 0.3 is 0 Å². The minimum atomic E-state index is -0.101. The minimum Gasteiger partial charge on any atom is -0.493 e. The van der Waals surface area contributed by atoms with Crippen molar-refractivity contribution in [1.82, 2.24) is 0 Å². The zero-order valence-corrected chi connectivity index (χ0v) is 16.6. The fraction of sp³-hybridized carbons (Fsp3) is 0.609. The lowest BCUT2D eigenvalue weighted by atomic mass is 9.67. The molecule has 1 aromatic carbocycles. The molecule has 0 saturated heterocycles. The van der Waals surface area contributed by atoms with E-state index in [1.807, 2.05) is 18.2 Å². The van der Waals surface area contributed by atoms with Gasteiger partial charge in [0.1, 0.15) is 0 Å². The van der Waals surface area contributed by atoms with Crippen molar-refractivity contribution < 1.29 is 19.0 Å². The molecule has 146 valence electrons. The number of rotatable bonds is 6. The molecule has 4 rings (SSSR count). The second-order valence-electron chi connectivity index (χ2n) is 8.60. The number of ketones is 1. The molecule has 3 aliphatic rings. The molecule has 4 heteroatoms. The number of ether oxygens (including phenoxy) is 3. The van der Waals surface area contributed by atoms with E-state index >= 15 is 0 Å². The molecule has 0 heterocycles. The first-order valence-corrected chi connectivity index (χ1v) is 10.1. The molecule has 0 aromatic heterocycles. The van der Waals surface area contributed by atoms with Crippen LogP contribution in [0.3, 0.4) is 0 Å². The second kappa shape index (κ2) is 7.21. The fourth-order valence-electron chi connectivity index (χ4n) is 6.00. The van der Waals surface area contributed by atoms with Crippen LogP contribution in [0.4, 0.5) is 0 Å². The summed E-state index contributed by atoms with van der Waals surface area (Å²) < 4.78 is 16.2. The molecule has 3 fully saturated rings. The van der Waals surface area contributed by atoms with Crippen LogP contribution in [0, 0.1) is 23.2 Å². The number of allylic oxidation sites excluding steroid dienone is 1. The zero-order chi connectivity index (χ0) is 19.0. The smallest absolute Gasteiger partial charge is 0.203 e. The van der Waals surface area contributed by atoms with E-state index < -0.39 is 0 Å². The maximum atomic E-state index is 13.2. The Balaban J connectivity index is 1.57. The number of hydrogen-bond acceptors (Lipinski definition) is 4. The van der Waals surface area contributed by atoms with Crippen molar-refractivity contribution in [3.63, 3.8) is 0 Å². The molecule has 3 saturated carbocycles. The first-order valence-electron chi connectivity index (χ1n) is 10.1. The van der Waals surface area contributed by atoms with Crippen LogP contribution in [-0.4, -0.2) is 27.1 Å². The van der Waals surface area contributed by atoms with Crippen LogP contribution in [0.1, 0.15) is 50.5 Å². The summed E-state index contributed by atoms with van der Waals surface area (Å²) in [7, 11) is 4.80. The molecule has 3 bridgehead atoms. The predicted octanol–water partition coefficient (Wildman–Crippen LogP) is 4.90. The van der Waals surface area contributed by atoms with Gasteiger partial charge in [0.2, 0.25) is 5.75 Å². The van der Waals surface area contributed by atoms with Crippen LogP contribution in [-0.2, 0) is 4.79 Å². The normalized spacial score (nSPS) is 31.7. The second-order valence-corrected chi connectivity index (χ2v) is 8.60. The number of fused-ring (bicyclic) bond motifs is 2. The average molecular weight is 370 g/mol. The highest BCUT2D eigenvalue weighted by atomic mass is 16.5. The van der Waals surface area contributed by atoms with Gasteiger partial charge in [0.25, 0.3) is 0 Å². The van der Waals surface area contributed by atoms with Crippen LogP contribution >= 0.6 is 0 Å². The van der Waals surface area contributed by atoms with Crippen molar-refractivity contribution in [2.75, 3.05) is 21.3 Å². The quantitative estimate of drug-likeness (QED) is 0.668. The fourth-order valence-corrected chi connectivity index (χ4v) is 6.00. The Morgan fingerprint density at radius 3 is 2.37 bits per heavy atom. The molecule has 4 unspecified atom stereocenters. The molecule has 0 spiro atoms. The lowest BCUT2D eigenvalue weighted by molar-refractivity contribution is -0.125. The third-order valence-corrected chi connectivity index (χ3v) is 7.11. The van der Waals surface area contributed by atoms with E-state index in [1.54, 1.807) is 27.4 Å². The van der Waals surface area contributed by atoms with Gasteiger partial charge in [-0.1, -0.05) is 25.3 Å². The topological polar surface area (TPSA) is 44.8 Å². The molecule has 0 aliphatic heterocycles. The third kappa shape index (κ3) is 3.24. The molecule has 1 aromatic rings. The summed E-state index contributed by atoms with van der Waals surface area (Å²) >= 11 is 0. The van der Waals surface area contributed by atoms with Gasteiger partial charge < -0.3 is 14.2 Å². The number of benzene rings is 1. The molecule has 4 nitrogen and oxygen atoms in total. The Morgan fingerprint density at radius 2 is 1.70 bits per heavy atom. The van der Waals surface area contributed by atoms with Crippen molar-refractivity contribution in [3.8, 4) is 17.2 Å². The summed E-state index contributed by atoms with van der Waals surface area (Å²) in [5, 5.41) is 0. The third-order valence-electron chi connectivity index (χ3n) is 7.11. The Labute approximate surface area is 161 Å². The number of hydrogen-bond donors (Lipinski definition) is 0. The molecule has 0 N–H and O–H groups in total. The first kappa shape index (κ1) is 18.4. The molecular weight excluding hydrogens is 340 g/mol. The standard InChI is InChI=1S/C23H30O4/c1-25-19-10-15(11-20(26-2)22(19)27-3)7-8-21(24)23-12-16-5-4-6-17(13-23)18(9-16)14-23/h7-8,10-11,16-18H,4-6,9,12-14H2,1-3H3/b8-7+. The van der Waals surface area contributed by atoms with Gasteiger partial charge in [-0.25, -0.2) is 0 Å². The molecular formula is C23H30O4. The molecule has 4 atom stereocenters. The van der Waals surface area contributed by atoms with Gasteiger partial charge in [-0.05, 0) is 67.2 Å². The van der Waals surface area contributed by atoms with Crippen LogP contribution in [0.25, 0.3) is 6.08 Å². The highest BCUT2D eigenvalue weighted by Gasteiger charge is 2.54. The molecule has 27 heavy (non-hydrogen) atoms. The summed E-state index contributed by atoms with van der Waals surface area (Å²) in [6.07, 6.45) is 12.4. The summed E-state index contributed by atoms with van der Waals surface area (Å²) in [4.78, 5) is 13.2. The predicted molar refractivity (Wildman–Crippen MR) is 105 cm³/mol. The molecule has 3 aliphatic carbocycles. The van der Waals surface area contributed by atoms with Gasteiger partial charge in [-0.2, -0.15) is 0 Å². The van der Waals surface area contributed by atoms with Crippen LogP contribution < -0.4 is 14.2 Å². The first-order chi connectivity index (χ1) is 13.1. The van der Waals surface area contributed by atoms with Crippen molar-refractivity contribution in [3.05, 3.63) is 23.8 Å². The van der Waals surface area contributed by atoms with Crippen molar-refractivity contribution in [2.45, 2.75) is 44.9 Å². The van der Waals surface area contributed by atoms with E-state index in [9.17, 15) is 4.79 Å². The van der Waals surface area contributed by atoms with E-state index in [2.05, 4.69) is 0 Å². The minimum absolute atomic E-state index is 0.101. The molecule has 0 amide bonds. The van der Waals surface area contributed by atoms with Gasteiger partial charge in [0.05, 0.1) is 21.3 Å². The Morgan fingerprint density at radius 1 is 1.00 bits per heavy atom. The monoisotopic (exact) mass is 370 g/mol. The van der Waals surface area contributed by atoms with Gasteiger partial charge in [0, 0.05) is 5.41 Å². The average Bonchev–Trinajstić information content (AvgIpc) is 2.86. The summed E-state index contributed by atoms with van der Waals surface area (Å²) in [6, 6.07) is 3.77. The van der Waals surface area contributed by atoms with Crippen molar-refractivity contribution >= 4 is 11.9 Å². The van der Waals surface area contributed by atoms with E-state index in [4.69, 9.17) is 14.2 Å². The summed E-state index contributed by atoms with van der Waals surface area (Å²) in [6.45, 7) is 0. The maximum absolute atomic E-state index is 13.2. The molecule has 0 radical (unpaired) electrons. The Kier molecular flexibility index (Phi) is 4.92.